The van der Waals surface area contributed by atoms with E-state index < -0.39 is 5.79 Å². The molecule has 0 radical (unpaired) electrons. The number of allylic oxidation sites excluding steroid dienone is 1. The third-order valence-corrected chi connectivity index (χ3v) is 8.17. The maximum absolute atomic E-state index is 12.5. The number of carbonyl (C=O) groups is 1. The molecule has 4 aliphatic rings. The van der Waals surface area contributed by atoms with Crippen LogP contribution < -0.4 is 0 Å². The summed E-state index contributed by atoms with van der Waals surface area (Å²) in [6, 6.07) is 0. The fourth-order valence-electron chi connectivity index (χ4n) is 6.80. The number of hydrogen-bond acceptors (Lipinski definition) is 3. The largest absolute Gasteiger partial charge is 0.353 e. The molecule has 24 heavy (non-hydrogen) atoms. The molecule has 0 aliphatic heterocycles. The lowest BCUT2D eigenvalue weighted by Gasteiger charge is -2.53. The summed E-state index contributed by atoms with van der Waals surface area (Å²) in [6.07, 6.45) is 8.44. The van der Waals surface area contributed by atoms with Gasteiger partial charge in [0.05, 0.1) is 0 Å². The number of hydrogen-bond donors (Lipinski definition) is 0. The fraction of sp³-hybridized carbons (Fsp3) is 0.857. The van der Waals surface area contributed by atoms with E-state index in [0.717, 1.165) is 38.5 Å². The van der Waals surface area contributed by atoms with Crippen LogP contribution in [-0.2, 0) is 14.3 Å². The number of fused-ring (bicyclic) bond motifs is 4. The molecular formula is C21H32O3. The van der Waals surface area contributed by atoms with Gasteiger partial charge in [-0.3, -0.25) is 4.79 Å². The lowest BCUT2D eigenvalue weighted by Crippen LogP contribution is -2.48. The number of ketones is 1. The number of Topliss-reactive ketones (excluding diaryl/α,β-unsaturated/α-hetero) is 1. The summed E-state index contributed by atoms with van der Waals surface area (Å²) in [6.45, 7) is 4.69. The summed E-state index contributed by atoms with van der Waals surface area (Å²) < 4.78 is 11.5. The molecule has 4 rings (SSSR count). The van der Waals surface area contributed by atoms with Gasteiger partial charge in [-0.15, -0.1) is 0 Å². The molecule has 0 aromatic heterocycles. The van der Waals surface area contributed by atoms with E-state index in [1.165, 1.54) is 12.8 Å². The molecule has 2 fully saturated rings. The highest BCUT2D eigenvalue weighted by atomic mass is 16.7. The van der Waals surface area contributed by atoms with E-state index in [1.54, 1.807) is 25.4 Å². The third kappa shape index (κ3) is 2.20. The van der Waals surface area contributed by atoms with Crippen molar-refractivity contribution >= 4 is 5.78 Å². The first-order valence-electron chi connectivity index (χ1n) is 9.78. The van der Waals surface area contributed by atoms with Crippen LogP contribution in [0.15, 0.2) is 11.1 Å². The van der Waals surface area contributed by atoms with E-state index in [0.29, 0.717) is 29.5 Å². The summed E-state index contributed by atoms with van der Waals surface area (Å²) in [7, 11) is 3.56. The first-order valence-corrected chi connectivity index (χ1v) is 9.78. The zero-order valence-electron chi connectivity index (χ0n) is 15.7. The van der Waals surface area contributed by atoms with Crippen molar-refractivity contribution in [3.63, 3.8) is 0 Å². The Balaban J connectivity index is 1.66. The summed E-state index contributed by atoms with van der Waals surface area (Å²) >= 11 is 0. The molecule has 0 aromatic rings. The second-order valence-electron chi connectivity index (χ2n) is 9.01. The number of methoxy groups -OCH3 is 2. The maximum atomic E-state index is 12.5. The van der Waals surface area contributed by atoms with Crippen molar-refractivity contribution < 1.29 is 14.3 Å². The molecule has 0 spiro atoms. The average Bonchev–Trinajstić information content (AvgIpc) is 2.89. The first-order chi connectivity index (χ1) is 11.4. The van der Waals surface area contributed by atoms with Gasteiger partial charge >= 0.3 is 0 Å². The Morgan fingerprint density at radius 1 is 1.08 bits per heavy atom. The van der Waals surface area contributed by atoms with E-state index in [4.69, 9.17) is 9.47 Å². The molecule has 0 heterocycles. The highest BCUT2D eigenvalue weighted by molar-refractivity contribution is 5.87. The predicted octanol–water partition coefficient (Wildman–Crippen LogP) is 4.51. The van der Waals surface area contributed by atoms with Gasteiger partial charge in [-0.2, -0.15) is 0 Å². The van der Waals surface area contributed by atoms with E-state index >= 15 is 0 Å². The van der Waals surface area contributed by atoms with Crippen LogP contribution in [0, 0.1) is 29.1 Å². The van der Waals surface area contributed by atoms with Gasteiger partial charge in [0.25, 0.3) is 0 Å². The summed E-state index contributed by atoms with van der Waals surface area (Å²) in [5.41, 5.74) is 3.29. The minimum atomic E-state index is -0.405. The van der Waals surface area contributed by atoms with Gasteiger partial charge < -0.3 is 9.47 Å². The fourth-order valence-corrected chi connectivity index (χ4v) is 6.80. The van der Waals surface area contributed by atoms with Gasteiger partial charge in [0.15, 0.2) is 5.79 Å². The molecule has 0 bridgehead atoms. The minimum Gasteiger partial charge on any atom is -0.353 e. The smallest absolute Gasteiger partial charge is 0.171 e. The Kier molecular flexibility index (Phi) is 3.96. The SMILES string of the molecule is COC1(OC)CCC2=C(C[C@H](C)[C@@H]3[C@H]4CCC(=O)[C@]4(C)CC[C@@H]23)C1. The maximum Gasteiger partial charge on any atom is 0.171 e. The zero-order valence-corrected chi connectivity index (χ0v) is 15.7. The number of ether oxygens (including phenoxy) is 2. The lowest BCUT2D eigenvalue weighted by atomic mass is 9.51. The molecule has 5 atom stereocenters. The highest BCUT2D eigenvalue weighted by Gasteiger charge is 2.57. The van der Waals surface area contributed by atoms with Gasteiger partial charge in [-0.25, -0.2) is 0 Å². The van der Waals surface area contributed by atoms with Crippen molar-refractivity contribution in [3.8, 4) is 0 Å². The molecule has 2 saturated carbocycles. The Morgan fingerprint density at radius 2 is 1.83 bits per heavy atom. The molecule has 3 nitrogen and oxygen atoms in total. The van der Waals surface area contributed by atoms with E-state index in [-0.39, 0.29) is 5.41 Å². The Hall–Kier alpha value is -0.670. The number of carbonyl (C=O) groups excluding carboxylic acids is 1. The second-order valence-corrected chi connectivity index (χ2v) is 9.01. The Bertz CT molecular complexity index is 574. The van der Waals surface area contributed by atoms with Crippen molar-refractivity contribution in [1.82, 2.24) is 0 Å². The van der Waals surface area contributed by atoms with Crippen LogP contribution in [-0.4, -0.2) is 25.8 Å². The standard InChI is InChI=1S/C21H32O3/c1-13-11-14-12-21(23-3,24-4)10-8-15(14)16-7-9-20(2)17(19(13)16)5-6-18(20)22/h13,16-17,19H,5-12H2,1-4H3/t13-,16-,17+,19-,20+/m0/s1. The summed E-state index contributed by atoms with van der Waals surface area (Å²) in [5.74, 6) is 2.85. The van der Waals surface area contributed by atoms with E-state index in [2.05, 4.69) is 13.8 Å². The van der Waals surface area contributed by atoms with Gasteiger partial charge in [0, 0.05) is 38.9 Å². The van der Waals surface area contributed by atoms with Crippen LogP contribution in [0.5, 0.6) is 0 Å². The first kappa shape index (κ1) is 16.8. The molecule has 4 aliphatic carbocycles. The van der Waals surface area contributed by atoms with Crippen LogP contribution in [0.3, 0.4) is 0 Å². The molecule has 0 amide bonds. The van der Waals surface area contributed by atoms with Crippen molar-refractivity contribution in [1.29, 1.82) is 0 Å². The van der Waals surface area contributed by atoms with Crippen LogP contribution in [0.1, 0.15) is 65.2 Å². The van der Waals surface area contributed by atoms with Crippen LogP contribution in [0.25, 0.3) is 0 Å². The van der Waals surface area contributed by atoms with Gasteiger partial charge in [0.1, 0.15) is 5.78 Å². The number of rotatable bonds is 2. The van der Waals surface area contributed by atoms with Crippen molar-refractivity contribution in [3.05, 3.63) is 11.1 Å². The monoisotopic (exact) mass is 332 g/mol. The quantitative estimate of drug-likeness (QED) is 0.551. The molecule has 0 aromatic carbocycles. The van der Waals surface area contributed by atoms with Crippen molar-refractivity contribution in [2.45, 2.75) is 71.0 Å². The molecule has 134 valence electrons. The van der Waals surface area contributed by atoms with Crippen molar-refractivity contribution in [2.75, 3.05) is 14.2 Å². The molecule has 3 heteroatoms. The summed E-state index contributed by atoms with van der Waals surface area (Å²) in [4.78, 5) is 12.5. The van der Waals surface area contributed by atoms with Gasteiger partial charge in [-0.1, -0.05) is 25.0 Å². The second kappa shape index (κ2) is 5.67. The molecule has 0 unspecified atom stereocenters. The molecular weight excluding hydrogens is 300 g/mol. The van der Waals surface area contributed by atoms with E-state index in [9.17, 15) is 4.79 Å². The third-order valence-electron chi connectivity index (χ3n) is 8.17. The highest BCUT2D eigenvalue weighted by Crippen LogP contribution is 2.61. The predicted molar refractivity (Wildman–Crippen MR) is 93.5 cm³/mol. The minimum absolute atomic E-state index is 0.0228. The van der Waals surface area contributed by atoms with Gasteiger partial charge in [-0.05, 0) is 55.8 Å². The van der Waals surface area contributed by atoms with Crippen molar-refractivity contribution in [2.24, 2.45) is 29.1 Å². The Morgan fingerprint density at radius 3 is 2.54 bits per heavy atom. The summed E-state index contributed by atoms with van der Waals surface area (Å²) in [5, 5.41) is 0. The normalized spacial score (nSPS) is 44.1. The average molecular weight is 332 g/mol. The zero-order chi connectivity index (χ0) is 17.1. The lowest BCUT2D eigenvalue weighted by molar-refractivity contribution is -0.213. The topological polar surface area (TPSA) is 35.5 Å². The molecule has 0 N–H and O–H groups in total. The van der Waals surface area contributed by atoms with Crippen LogP contribution >= 0.6 is 0 Å². The van der Waals surface area contributed by atoms with Crippen LogP contribution in [0.4, 0.5) is 0 Å². The molecule has 0 saturated heterocycles. The van der Waals surface area contributed by atoms with Gasteiger partial charge in [0.2, 0.25) is 0 Å². The van der Waals surface area contributed by atoms with E-state index in [1.807, 2.05) is 0 Å². The Labute approximate surface area is 146 Å². The van der Waals surface area contributed by atoms with Crippen LogP contribution in [0.2, 0.25) is 0 Å².